The third-order valence-electron chi connectivity index (χ3n) is 2.88. The van der Waals surface area contributed by atoms with E-state index in [1.165, 1.54) is 0 Å². The highest BCUT2D eigenvalue weighted by atomic mass is 32.2. The van der Waals surface area contributed by atoms with Crippen LogP contribution in [-0.4, -0.2) is 20.7 Å². The molecule has 0 bridgehead atoms. The van der Waals surface area contributed by atoms with E-state index in [9.17, 15) is 17.2 Å². The fourth-order valence-corrected chi connectivity index (χ4v) is 3.85. The number of hydrogen-bond donors (Lipinski definition) is 1. The number of halogens is 2. The second kappa shape index (κ2) is 4.34. The highest BCUT2D eigenvalue weighted by molar-refractivity contribution is 7.91. The van der Waals surface area contributed by atoms with Crippen LogP contribution in [0.15, 0.2) is 17.0 Å². The highest BCUT2D eigenvalue weighted by Gasteiger charge is 2.35. The van der Waals surface area contributed by atoms with Crippen LogP contribution in [0, 0.1) is 11.6 Å². The molecule has 1 aromatic carbocycles. The molecule has 0 saturated carbocycles. The number of fused-ring (bicyclic) bond motifs is 1. The summed E-state index contributed by atoms with van der Waals surface area (Å²) in [6.07, 6.45) is 0.267. The lowest BCUT2D eigenvalue weighted by molar-refractivity contribution is 0.456. The van der Waals surface area contributed by atoms with Crippen LogP contribution in [0.5, 0.6) is 0 Å². The van der Waals surface area contributed by atoms with Crippen molar-refractivity contribution < 1.29 is 17.2 Å². The van der Waals surface area contributed by atoms with Gasteiger partial charge in [-0.05, 0) is 25.1 Å². The monoisotopic (exact) mass is 261 g/mol. The highest BCUT2D eigenvalue weighted by Crippen LogP contribution is 2.35. The fourth-order valence-electron chi connectivity index (χ4n) is 2.16. The van der Waals surface area contributed by atoms with Gasteiger partial charge in [-0.15, -0.1) is 0 Å². The summed E-state index contributed by atoms with van der Waals surface area (Å²) in [5, 5.41) is 2.98. The molecule has 1 N–H and O–H groups in total. The lowest BCUT2D eigenvalue weighted by atomic mass is 10.0. The first-order valence-electron chi connectivity index (χ1n) is 5.41. The smallest absolute Gasteiger partial charge is 0.181 e. The van der Waals surface area contributed by atoms with E-state index in [1.54, 1.807) is 0 Å². The molecule has 1 heterocycles. The maximum absolute atomic E-state index is 13.7. The lowest BCUT2D eigenvalue weighted by Gasteiger charge is -2.26. The minimum Gasteiger partial charge on any atom is -0.310 e. The SMILES string of the molecule is CCNC1CCS(=O)(=O)c2c(F)ccc(F)c21. The molecule has 0 amide bonds. The Morgan fingerprint density at radius 3 is 2.65 bits per heavy atom. The van der Waals surface area contributed by atoms with Crippen molar-refractivity contribution in [1.82, 2.24) is 5.32 Å². The first kappa shape index (κ1) is 12.4. The summed E-state index contributed by atoms with van der Waals surface area (Å²) in [6, 6.07) is 1.40. The first-order chi connectivity index (χ1) is 7.97. The van der Waals surface area contributed by atoms with Crippen molar-refractivity contribution >= 4 is 9.84 Å². The average molecular weight is 261 g/mol. The van der Waals surface area contributed by atoms with Crippen LogP contribution in [0.25, 0.3) is 0 Å². The first-order valence-corrected chi connectivity index (χ1v) is 7.06. The Labute approximate surface area is 98.8 Å². The number of nitrogens with one attached hydrogen (secondary N) is 1. The topological polar surface area (TPSA) is 46.2 Å². The van der Waals surface area contributed by atoms with Crippen molar-refractivity contribution in [3.8, 4) is 0 Å². The van der Waals surface area contributed by atoms with Crippen molar-refractivity contribution in [3.63, 3.8) is 0 Å². The van der Waals surface area contributed by atoms with Crippen LogP contribution in [0.2, 0.25) is 0 Å². The molecule has 0 aromatic heterocycles. The third-order valence-corrected chi connectivity index (χ3v) is 4.69. The summed E-state index contributed by atoms with van der Waals surface area (Å²) in [7, 11) is -3.70. The largest absolute Gasteiger partial charge is 0.310 e. The molecular weight excluding hydrogens is 248 g/mol. The average Bonchev–Trinajstić information content (AvgIpc) is 2.26. The summed E-state index contributed by atoms with van der Waals surface area (Å²) in [5.41, 5.74) is -0.0573. The second-order valence-electron chi connectivity index (χ2n) is 3.99. The molecule has 0 fully saturated rings. The molecule has 1 aromatic rings. The Hall–Kier alpha value is -1.01. The Balaban J connectivity index is 2.68. The molecule has 0 spiro atoms. The van der Waals surface area contributed by atoms with Crippen LogP contribution in [0.1, 0.15) is 24.9 Å². The molecule has 2 rings (SSSR count). The van der Waals surface area contributed by atoms with Gasteiger partial charge < -0.3 is 5.32 Å². The van der Waals surface area contributed by atoms with E-state index in [0.717, 1.165) is 12.1 Å². The Morgan fingerprint density at radius 2 is 2.00 bits per heavy atom. The van der Waals surface area contributed by atoms with E-state index in [1.807, 2.05) is 6.92 Å². The van der Waals surface area contributed by atoms with Crippen molar-refractivity contribution in [1.29, 1.82) is 0 Å². The van der Waals surface area contributed by atoms with Crippen LogP contribution >= 0.6 is 0 Å². The molecule has 1 aliphatic rings. The second-order valence-corrected chi connectivity index (χ2v) is 6.04. The Bertz CT molecular complexity index is 543. The van der Waals surface area contributed by atoms with E-state index in [4.69, 9.17) is 0 Å². The molecule has 6 heteroatoms. The number of sulfone groups is 1. The minimum atomic E-state index is -3.70. The van der Waals surface area contributed by atoms with Crippen LogP contribution in [-0.2, 0) is 9.84 Å². The molecule has 0 aliphatic carbocycles. The van der Waals surface area contributed by atoms with Gasteiger partial charge in [0, 0.05) is 11.6 Å². The number of rotatable bonds is 2. The quantitative estimate of drug-likeness (QED) is 0.883. The van der Waals surface area contributed by atoms with E-state index >= 15 is 0 Å². The van der Waals surface area contributed by atoms with Gasteiger partial charge in [-0.3, -0.25) is 0 Å². The summed E-state index contributed by atoms with van der Waals surface area (Å²) >= 11 is 0. The number of benzene rings is 1. The van der Waals surface area contributed by atoms with Gasteiger partial charge in [-0.1, -0.05) is 6.92 Å². The molecule has 0 radical (unpaired) electrons. The fraction of sp³-hybridized carbons (Fsp3) is 0.455. The Kier molecular flexibility index (Phi) is 3.18. The Morgan fingerprint density at radius 1 is 1.35 bits per heavy atom. The van der Waals surface area contributed by atoms with Crippen molar-refractivity contribution in [2.45, 2.75) is 24.3 Å². The van der Waals surface area contributed by atoms with Crippen LogP contribution < -0.4 is 5.32 Å². The summed E-state index contributed by atoms with van der Waals surface area (Å²) in [4.78, 5) is -0.477. The van der Waals surface area contributed by atoms with Crippen molar-refractivity contribution in [2.75, 3.05) is 12.3 Å². The summed E-state index contributed by atoms with van der Waals surface area (Å²) in [6.45, 7) is 2.40. The molecule has 94 valence electrons. The maximum atomic E-state index is 13.7. The minimum absolute atomic E-state index is 0.0573. The molecular formula is C11H13F2NO2S. The predicted molar refractivity (Wildman–Crippen MR) is 59.4 cm³/mol. The maximum Gasteiger partial charge on any atom is 0.181 e. The van der Waals surface area contributed by atoms with Gasteiger partial charge >= 0.3 is 0 Å². The lowest BCUT2D eigenvalue weighted by Crippen LogP contribution is -2.31. The zero-order valence-electron chi connectivity index (χ0n) is 9.33. The molecule has 1 unspecified atom stereocenters. The zero-order chi connectivity index (χ0) is 12.6. The van der Waals surface area contributed by atoms with E-state index in [0.29, 0.717) is 6.54 Å². The van der Waals surface area contributed by atoms with Gasteiger partial charge in [0.15, 0.2) is 9.84 Å². The van der Waals surface area contributed by atoms with Gasteiger partial charge in [0.1, 0.15) is 16.5 Å². The normalized spacial score (nSPS) is 22.2. The predicted octanol–water partition coefficient (Wildman–Crippen LogP) is 1.79. The van der Waals surface area contributed by atoms with Gasteiger partial charge in [0.25, 0.3) is 0 Å². The van der Waals surface area contributed by atoms with Gasteiger partial charge in [-0.25, -0.2) is 17.2 Å². The molecule has 3 nitrogen and oxygen atoms in total. The van der Waals surface area contributed by atoms with E-state index in [-0.39, 0.29) is 17.7 Å². The standard InChI is InChI=1S/C11H13F2NO2S/c1-2-14-9-5-6-17(15,16)11-8(13)4-3-7(12)10(9)11/h3-4,9,14H,2,5-6H2,1H3. The van der Waals surface area contributed by atoms with E-state index < -0.39 is 32.4 Å². The summed E-state index contributed by atoms with van der Waals surface area (Å²) in [5.74, 6) is -1.70. The van der Waals surface area contributed by atoms with Gasteiger partial charge in [0.05, 0.1) is 5.75 Å². The third kappa shape index (κ3) is 2.07. The molecule has 17 heavy (non-hydrogen) atoms. The van der Waals surface area contributed by atoms with Crippen molar-refractivity contribution in [3.05, 3.63) is 29.3 Å². The van der Waals surface area contributed by atoms with Crippen LogP contribution in [0.4, 0.5) is 8.78 Å². The number of hydrogen-bond acceptors (Lipinski definition) is 3. The molecule has 1 aliphatic heterocycles. The van der Waals surface area contributed by atoms with Crippen LogP contribution in [0.3, 0.4) is 0 Å². The zero-order valence-corrected chi connectivity index (χ0v) is 10.2. The summed E-state index contributed by atoms with van der Waals surface area (Å²) < 4.78 is 50.8. The van der Waals surface area contributed by atoms with Gasteiger partial charge in [0.2, 0.25) is 0 Å². The van der Waals surface area contributed by atoms with Gasteiger partial charge in [-0.2, -0.15) is 0 Å². The van der Waals surface area contributed by atoms with Crippen molar-refractivity contribution in [2.24, 2.45) is 0 Å². The van der Waals surface area contributed by atoms with E-state index in [2.05, 4.69) is 5.32 Å². The molecule has 0 saturated heterocycles. The molecule has 1 atom stereocenters.